The van der Waals surface area contributed by atoms with Gasteiger partial charge >= 0.3 is 6.09 Å². The van der Waals surface area contributed by atoms with Crippen molar-refractivity contribution < 1.29 is 9.90 Å². The minimum absolute atomic E-state index is 0.226. The van der Waals surface area contributed by atoms with Gasteiger partial charge in [0.05, 0.1) is 12.2 Å². The lowest BCUT2D eigenvalue weighted by Gasteiger charge is -2.04. The summed E-state index contributed by atoms with van der Waals surface area (Å²) in [4.78, 5) is 23.1. The molecule has 8 heteroatoms. The van der Waals surface area contributed by atoms with Crippen LogP contribution in [0.3, 0.4) is 0 Å². The van der Waals surface area contributed by atoms with Crippen LogP contribution in [0.5, 0.6) is 0 Å². The van der Waals surface area contributed by atoms with E-state index in [2.05, 4.69) is 37.8 Å². The van der Waals surface area contributed by atoms with Crippen LogP contribution in [0.15, 0.2) is 36.9 Å². The number of pyridine rings is 1. The smallest absolute Gasteiger partial charge is 0.410 e. The fraction of sp³-hybridized carbons (Fsp3) is 0.250. The number of nitrogens with one attached hydrogen (secondary N) is 2. The van der Waals surface area contributed by atoms with Crippen LogP contribution < -0.4 is 10.6 Å². The third kappa shape index (κ3) is 3.12. The highest BCUT2D eigenvalue weighted by molar-refractivity contribution is 5.81. The van der Waals surface area contributed by atoms with E-state index in [1.807, 2.05) is 16.7 Å². The summed E-state index contributed by atoms with van der Waals surface area (Å²) in [5.41, 5.74) is 3.15. The molecule has 8 nitrogen and oxygen atoms in total. The number of fused-ring (bicyclic) bond motifs is 1. The van der Waals surface area contributed by atoms with Gasteiger partial charge in [0.25, 0.3) is 0 Å². The maximum Gasteiger partial charge on any atom is 0.410 e. The number of hydrogen-bond donors (Lipinski definition) is 3. The van der Waals surface area contributed by atoms with Gasteiger partial charge in [-0.25, -0.2) is 19.7 Å². The van der Waals surface area contributed by atoms with Crippen molar-refractivity contribution in [1.29, 1.82) is 0 Å². The highest BCUT2D eigenvalue weighted by Crippen LogP contribution is 2.39. The molecule has 3 aromatic heterocycles. The summed E-state index contributed by atoms with van der Waals surface area (Å²) in [5, 5.41) is 14.0. The van der Waals surface area contributed by atoms with Gasteiger partial charge in [-0.15, -0.1) is 0 Å². The molecular formula is C16H16N6O2. The van der Waals surface area contributed by atoms with Crippen LogP contribution in [-0.2, 0) is 6.54 Å². The lowest BCUT2D eigenvalue weighted by atomic mass is 10.2. The first-order chi connectivity index (χ1) is 11.7. The molecule has 1 fully saturated rings. The van der Waals surface area contributed by atoms with Crippen LogP contribution in [0.25, 0.3) is 5.65 Å². The maximum absolute atomic E-state index is 10.6. The Morgan fingerprint density at radius 1 is 1.25 bits per heavy atom. The molecule has 0 radical (unpaired) electrons. The molecule has 0 atom stereocenters. The van der Waals surface area contributed by atoms with E-state index in [1.165, 1.54) is 30.8 Å². The molecule has 0 spiro atoms. The molecule has 1 aliphatic rings. The zero-order valence-electron chi connectivity index (χ0n) is 12.8. The quantitative estimate of drug-likeness (QED) is 0.666. The van der Waals surface area contributed by atoms with Gasteiger partial charge < -0.3 is 14.8 Å². The second kappa shape index (κ2) is 5.80. The van der Waals surface area contributed by atoms with E-state index in [4.69, 9.17) is 5.11 Å². The number of anilines is 2. The molecule has 1 saturated carbocycles. The second-order valence-electron chi connectivity index (χ2n) is 5.81. The fourth-order valence-electron chi connectivity index (χ4n) is 2.62. The van der Waals surface area contributed by atoms with E-state index in [0.29, 0.717) is 18.3 Å². The number of amides is 1. The molecular weight excluding hydrogens is 308 g/mol. The predicted molar refractivity (Wildman–Crippen MR) is 88.2 cm³/mol. The monoisotopic (exact) mass is 324 g/mol. The molecule has 0 unspecified atom stereocenters. The molecule has 0 bridgehead atoms. The van der Waals surface area contributed by atoms with Crippen LogP contribution in [0, 0.1) is 0 Å². The zero-order chi connectivity index (χ0) is 16.5. The Bertz CT molecular complexity index is 902. The molecule has 0 saturated heterocycles. The normalized spacial score (nSPS) is 13.8. The molecule has 0 aromatic carbocycles. The first-order valence-corrected chi connectivity index (χ1v) is 7.71. The number of carbonyl (C=O) groups is 1. The summed E-state index contributed by atoms with van der Waals surface area (Å²) < 4.78 is 2.04. The lowest BCUT2D eigenvalue weighted by Crippen LogP contribution is -2.10. The summed E-state index contributed by atoms with van der Waals surface area (Å²) >= 11 is 0. The van der Waals surface area contributed by atoms with Crippen LogP contribution in [-0.4, -0.2) is 30.6 Å². The average Bonchev–Trinajstić information content (AvgIpc) is 3.32. The zero-order valence-corrected chi connectivity index (χ0v) is 12.8. The molecule has 3 heterocycles. The van der Waals surface area contributed by atoms with Gasteiger partial charge in [0, 0.05) is 18.5 Å². The Balaban J connectivity index is 1.47. The Hall–Kier alpha value is -3.16. The number of rotatable bonds is 5. The number of imidazole rings is 1. The van der Waals surface area contributed by atoms with Crippen molar-refractivity contribution in [3.63, 3.8) is 0 Å². The Morgan fingerprint density at radius 2 is 2.08 bits per heavy atom. The summed E-state index contributed by atoms with van der Waals surface area (Å²) in [7, 11) is 0. The van der Waals surface area contributed by atoms with E-state index in [1.54, 1.807) is 0 Å². The van der Waals surface area contributed by atoms with E-state index >= 15 is 0 Å². The SMILES string of the molecule is O=C(O)Nc1cc(NCc2cn3cc(C4CC4)ccc3n2)ncn1. The molecule has 1 amide bonds. The largest absolute Gasteiger partial charge is 0.465 e. The molecule has 122 valence electrons. The van der Waals surface area contributed by atoms with Crippen molar-refractivity contribution in [3.05, 3.63) is 48.2 Å². The van der Waals surface area contributed by atoms with Crippen molar-refractivity contribution in [2.24, 2.45) is 0 Å². The molecule has 3 aromatic rings. The molecule has 4 rings (SSSR count). The highest BCUT2D eigenvalue weighted by Gasteiger charge is 2.23. The Kier molecular flexibility index (Phi) is 3.49. The summed E-state index contributed by atoms with van der Waals surface area (Å²) in [5.74, 6) is 1.47. The third-order valence-electron chi connectivity index (χ3n) is 3.93. The minimum Gasteiger partial charge on any atom is -0.465 e. The summed E-state index contributed by atoms with van der Waals surface area (Å²) in [6.07, 6.45) is 6.82. The number of nitrogens with zero attached hydrogens (tertiary/aromatic N) is 4. The maximum atomic E-state index is 10.6. The standard InChI is InChI=1S/C16H16N6O2/c23-16(24)21-14-5-13(18-9-19-14)17-6-12-8-22-7-11(10-1-2-10)3-4-15(22)20-12/h3-5,7-10H,1-2,6H2,(H,23,24)(H2,17,18,19,21). The number of hydrogen-bond acceptors (Lipinski definition) is 5. The van der Waals surface area contributed by atoms with Gasteiger partial charge in [0.15, 0.2) is 0 Å². The van der Waals surface area contributed by atoms with Crippen molar-refractivity contribution >= 4 is 23.4 Å². The van der Waals surface area contributed by atoms with Gasteiger partial charge in [-0.3, -0.25) is 5.32 Å². The number of aromatic nitrogens is 4. The molecule has 0 aliphatic heterocycles. The number of carboxylic acid groups (broad SMARTS) is 1. The molecule has 24 heavy (non-hydrogen) atoms. The van der Waals surface area contributed by atoms with Crippen molar-refractivity contribution in [3.8, 4) is 0 Å². The summed E-state index contributed by atoms with van der Waals surface area (Å²) in [6, 6.07) is 5.72. The van der Waals surface area contributed by atoms with Gasteiger partial charge in [0.2, 0.25) is 0 Å². The van der Waals surface area contributed by atoms with E-state index < -0.39 is 6.09 Å². The average molecular weight is 324 g/mol. The van der Waals surface area contributed by atoms with Gasteiger partial charge in [-0.1, -0.05) is 6.07 Å². The predicted octanol–water partition coefficient (Wildman–Crippen LogP) is 2.70. The van der Waals surface area contributed by atoms with E-state index in [9.17, 15) is 4.79 Å². The van der Waals surface area contributed by atoms with Gasteiger partial charge in [0.1, 0.15) is 23.6 Å². The Labute approximate surface area is 137 Å². The van der Waals surface area contributed by atoms with Gasteiger partial charge in [-0.2, -0.15) is 0 Å². The third-order valence-corrected chi connectivity index (χ3v) is 3.93. The molecule has 3 N–H and O–H groups in total. The first-order valence-electron chi connectivity index (χ1n) is 7.71. The van der Waals surface area contributed by atoms with Crippen LogP contribution in [0.1, 0.15) is 30.0 Å². The second-order valence-corrected chi connectivity index (χ2v) is 5.81. The van der Waals surface area contributed by atoms with Crippen molar-refractivity contribution in [1.82, 2.24) is 19.4 Å². The van der Waals surface area contributed by atoms with Crippen LogP contribution in [0.2, 0.25) is 0 Å². The molecule has 1 aliphatic carbocycles. The Morgan fingerprint density at radius 3 is 2.88 bits per heavy atom. The topological polar surface area (TPSA) is 104 Å². The minimum atomic E-state index is -1.16. The lowest BCUT2D eigenvalue weighted by molar-refractivity contribution is 0.209. The van der Waals surface area contributed by atoms with Crippen molar-refractivity contribution in [2.75, 3.05) is 10.6 Å². The van der Waals surface area contributed by atoms with E-state index in [-0.39, 0.29) is 5.82 Å². The fourth-order valence-corrected chi connectivity index (χ4v) is 2.62. The van der Waals surface area contributed by atoms with Crippen LogP contribution >= 0.6 is 0 Å². The van der Waals surface area contributed by atoms with Crippen molar-refractivity contribution in [2.45, 2.75) is 25.3 Å². The first kappa shape index (κ1) is 14.4. The van der Waals surface area contributed by atoms with Crippen LogP contribution in [0.4, 0.5) is 16.4 Å². The highest BCUT2D eigenvalue weighted by atomic mass is 16.4. The van der Waals surface area contributed by atoms with E-state index in [0.717, 1.165) is 11.3 Å². The van der Waals surface area contributed by atoms with Gasteiger partial charge in [-0.05, 0) is 30.4 Å². The summed E-state index contributed by atoms with van der Waals surface area (Å²) in [6.45, 7) is 0.490.